The van der Waals surface area contributed by atoms with E-state index in [-0.39, 0.29) is 5.78 Å². The van der Waals surface area contributed by atoms with Gasteiger partial charge in [-0.05, 0) is 23.6 Å². The maximum Gasteiger partial charge on any atom is 0.269 e. The molecule has 0 unspecified atom stereocenters. The Kier molecular flexibility index (Phi) is 1.92. The summed E-state index contributed by atoms with van der Waals surface area (Å²) in [7, 11) is 1.82. The number of ketones is 1. The van der Waals surface area contributed by atoms with Gasteiger partial charge in [-0.2, -0.15) is 0 Å². The molecule has 2 aliphatic rings. The summed E-state index contributed by atoms with van der Waals surface area (Å²) in [5.41, 5.74) is 1.56. The number of aryl methyl sites for hydroxylation is 2. The summed E-state index contributed by atoms with van der Waals surface area (Å²) in [5, 5.41) is 10.9. The van der Waals surface area contributed by atoms with E-state index in [1.807, 2.05) is 25.2 Å². The summed E-state index contributed by atoms with van der Waals surface area (Å²) in [4.78, 5) is 12.6. The Hall–Kier alpha value is -1.94. The molecule has 0 bridgehead atoms. The molecule has 96 valence electrons. The molecule has 19 heavy (non-hydrogen) atoms. The number of carbonyl (C=O) groups is 1. The van der Waals surface area contributed by atoms with Crippen molar-refractivity contribution in [3.63, 3.8) is 0 Å². The molecular formula is C15H14NO3+. The Balaban J connectivity index is 2.16. The van der Waals surface area contributed by atoms with Crippen LogP contribution in [0.3, 0.4) is 0 Å². The largest absolute Gasteiger partial charge is 0.376 e. The fraction of sp³-hybridized carbons (Fsp3) is 0.333. The van der Waals surface area contributed by atoms with E-state index in [4.69, 9.17) is 4.52 Å². The first kappa shape index (κ1) is 10.9. The highest BCUT2D eigenvalue weighted by Gasteiger charge is 2.54. The lowest BCUT2D eigenvalue weighted by atomic mass is 9.71. The van der Waals surface area contributed by atoms with Gasteiger partial charge in [0.25, 0.3) is 5.69 Å². The van der Waals surface area contributed by atoms with E-state index in [0.717, 1.165) is 29.9 Å². The van der Waals surface area contributed by atoms with Crippen molar-refractivity contribution in [3.8, 4) is 11.3 Å². The number of hydrogen-bond donors (Lipinski definition) is 1. The van der Waals surface area contributed by atoms with Crippen LogP contribution in [0.15, 0.2) is 28.8 Å². The van der Waals surface area contributed by atoms with Crippen molar-refractivity contribution < 1.29 is 19.2 Å². The van der Waals surface area contributed by atoms with Gasteiger partial charge in [0, 0.05) is 12.0 Å². The summed E-state index contributed by atoms with van der Waals surface area (Å²) in [5.74, 6) is 0.548. The molecular weight excluding hydrogens is 242 g/mol. The normalized spacial score (nSPS) is 24.0. The van der Waals surface area contributed by atoms with Crippen molar-refractivity contribution in [1.29, 1.82) is 0 Å². The molecule has 2 aliphatic carbocycles. The zero-order valence-electron chi connectivity index (χ0n) is 10.6. The molecule has 0 spiro atoms. The molecule has 4 nitrogen and oxygen atoms in total. The third-order valence-electron chi connectivity index (χ3n) is 4.24. The minimum atomic E-state index is -1.40. The fourth-order valence-electron chi connectivity index (χ4n) is 3.41. The van der Waals surface area contributed by atoms with Crippen molar-refractivity contribution in [1.82, 2.24) is 0 Å². The van der Waals surface area contributed by atoms with Gasteiger partial charge < -0.3 is 5.11 Å². The average molecular weight is 256 g/mol. The maximum absolute atomic E-state index is 12.6. The molecule has 1 aromatic heterocycles. The van der Waals surface area contributed by atoms with Crippen LogP contribution in [-0.2, 0) is 19.1 Å². The molecule has 1 aromatic carbocycles. The predicted octanol–water partition coefficient (Wildman–Crippen LogP) is 1.49. The Morgan fingerprint density at radius 1 is 1.32 bits per heavy atom. The van der Waals surface area contributed by atoms with Crippen LogP contribution in [0.5, 0.6) is 0 Å². The lowest BCUT2D eigenvalue weighted by molar-refractivity contribution is -0.837. The first-order chi connectivity index (χ1) is 9.13. The van der Waals surface area contributed by atoms with Crippen LogP contribution in [0.25, 0.3) is 11.3 Å². The molecule has 1 N–H and O–H groups in total. The third-order valence-corrected chi connectivity index (χ3v) is 4.24. The maximum atomic E-state index is 12.6. The van der Waals surface area contributed by atoms with Gasteiger partial charge in [-0.1, -0.05) is 18.2 Å². The Morgan fingerprint density at radius 2 is 2.05 bits per heavy atom. The molecule has 0 saturated carbocycles. The number of Topliss-reactive ketones (excluding diaryl/α,β-unsaturated/α-hetero) is 1. The molecule has 4 heteroatoms. The van der Waals surface area contributed by atoms with Crippen LogP contribution < -0.4 is 4.74 Å². The number of aromatic nitrogens is 1. The number of carbonyl (C=O) groups excluding carboxylic acids is 1. The Bertz CT molecular complexity index is 716. The second kappa shape index (κ2) is 3.33. The Morgan fingerprint density at radius 3 is 2.84 bits per heavy atom. The van der Waals surface area contributed by atoms with Crippen LogP contribution in [0.2, 0.25) is 0 Å². The van der Waals surface area contributed by atoms with Crippen LogP contribution >= 0.6 is 0 Å². The molecule has 0 amide bonds. The topological polar surface area (TPSA) is 54.3 Å². The summed E-state index contributed by atoms with van der Waals surface area (Å²) in [6.45, 7) is 0. The minimum Gasteiger partial charge on any atom is -0.376 e. The van der Waals surface area contributed by atoms with E-state index in [2.05, 4.69) is 0 Å². The smallest absolute Gasteiger partial charge is 0.269 e. The van der Waals surface area contributed by atoms with Crippen LogP contribution in [0, 0.1) is 0 Å². The van der Waals surface area contributed by atoms with Crippen molar-refractivity contribution >= 4 is 5.78 Å². The standard InChI is InChI=1S/C15H14NO3/c1-16-13-9-5-2-3-6-10(9)14(17)15(18)8-4-7-11(19-16)12(13)15/h2-3,5-6,18H,4,7-8H2,1H3/q+1/t15-/m1/s1. The lowest BCUT2D eigenvalue weighted by Crippen LogP contribution is -2.43. The molecule has 0 aliphatic heterocycles. The fourth-order valence-corrected chi connectivity index (χ4v) is 3.41. The van der Waals surface area contributed by atoms with E-state index < -0.39 is 5.60 Å². The number of benzene rings is 1. The summed E-state index contributed by atoms with van der Waals surface area (Å²) in [6, 6.07) is 7.42. The quantitative estimate of drug-likeness (QED) is 0.727. The van der Waals surface area contributed by atoms with E-state index in [9.17, 15) is 9.90 Å². The van der Waals surface area contributed by atoms with Crippen LogP contribution in [0.1, 0.15) is 34.5 Å². The molecule has 0 fully saturated rings. The average Bonchev–Trinajstić information content (AvgIpc) is 2.75. The lowest BCUT2D eigenvalue weighted by Gasteiger charge is -2.32. The highest BCUT2D eigenvalue weighted by molar-refractivity contribution is 6.11. The van der Waals surface area contributed by atoms with E-state index in [0.29, 0.717) is 17.5 Å². The Labute approximate surface area is 110 Å². The van der Waals surface area contributed by atoms with Gasteiger partial charge in [-0.25, -0.2) is 4.52 Å². The van der Waals surface area contributed by atoms with Gasteiger partial charge in [0.05, 0.1) is 5.56 Å². The van der Waals surface area contributed by atoms with E-state index >= 15 is 0 Å². The number of nitrogens with zero attached hydrogens (tertiary/aromatic N) is 1. The van der Waals surface area contributed by atoms with E-state index in [1.165, 1.54) is 0 Å². The van der Waals surface area contributed by atoms with Crippen molar-refractivity contribution in [2.24, 2.45) is 7.05 Å². The number of rotatable bonds is 0. The second-order valence-corrected chi connectivity index (χ2v) is 5.32. The van der Waals surface area contributed by atoms with Crippen molar-refractivity contribution in [2.45, 2.75) is 24.9 Å². The molecule has 2 aromatic rings. The first-order valence-corrected chi connectivity index (χ1v) is 6.52. The predicted molar refractivity (Wildman–Crippen MR) is 66.5 cm³/mol. The number of aliphatic hydroxyl groups is 1. The molecule has 4 rings (SSSR count). The van der Waals surface area contributed by atoms with Crippen molar-refractivity contribution in [3.05, 3.63) is 41.2 Å². The minimum absolute atomic E-state index is 0.196. The van der Waals surface area contributed by atoms with Gasteiger partial charge in [0.2, 0.25) is 0 Å². The highest BCUT2D eigenvalue weighted by Crippen LogP contribution is 2.47. The summed E-state index contributed by atoms with van der Waals surface area (Å²) >= 11 is 0. The monoisotopic (exact) mass is 256 g/mol. The van der Waals surface area contributed by atoms with Gasteiger partial charge in [-0.3, -0.25) is 4.79 Å². The zero-order chi connectivity index (χ0) is 13.2. The van der Waals surface area contributed by atoms with Crippen LogP contribution in [0.4, 0.5) is 0 Å². The summed E-state index contributed by atoms with van der Waals surface area (Å²) in [6.07, 6.45) is 2.02. The number of hydrogen-bond acceptors (Lipinski definition) is 3. The SMILES string of the molecule is C[n+]1oc2c3c1-c1ccccc1C(=O)[C@@]3(O)CCC2. The first-order valence-electron chi connectivity index (χ1n) is 6.52. The molecule has 0 radical (unpaired) electrons. The van der Waals surface area contributed by atoms with Gasteiger partial charge in [0.1, 0.15) is 5.56 Å². The third kappa shape index (κ3) is 1.17. The highest BCUT2D eigenvalue weighted by atomic mass is 16.5. The van der Waals surface area contributed by atoms with Gasteiger partial charge >= 0.3 is 0 Å². The molecule has 1 atom stereocenters. The van der Waals surface area contributed by atoms with Crippen molar-refractivity contribution in [2.75, 3.05) is 0 Å². The van der Waals surface area contributed by atoms with E-state index in [1.54, 1.807) is 10.8 Å². The summed E-state index contributed by atoms with van der Waals surface area (Å²) < 4.78 is 7.39. The van der Waals surface area contributed by atoms with Gasteiger partial charge in [-0.15, -0.1) is 0 Å². The van der Waals surface area contributed by atoms with Gasteiger partial charge in [0.15, 0.2) is 24.2 Å². The van der Waals surface area contributed by atoms with Crippen LogP contribution in [-0.4, -0.2) is 10.9 Å². The molecule has 0 saturated heterocycles. The number of fused-ring (bicyclic) bond motifs is 2. The molecule has 1 heterocycles. The second-order valence-electron chi connectivity index (χ2n) is 5.32. The zero-order valence-corrected chi connectivity index (χ0v) is 10.6.